The van der Waals surface area contributed by atoms with Gasteiger partial charge in [-0.25, -0.2) is 0 Å². The lowest BCUT2D eigenvalue weighted by atomic mass is 10.0. The maximum absolute atomic E-state index is 12.7. The third-order valence-corrected chi connectivity index (χ3v) is 4.97. The Labute approximate surface area is 167 Å². The first kappa shape index (κ1) is 20.5. The molecule has 0 bridgehead atoms. The van der Waals surface area contributed by atoms with Crippen molar-refractivity contribution < 1.29 is 19.1 Å². The van der Waals surface area contributed by atoms with Gasteiger partial charge in [0.25, 0.3) is 0 Å². The number of amides is 2. The molecule has 0 spiro atoms. The number of hydrogen-bond donors (Lipinski definition) is 1. The second-order valence-corrected chi connectivity index (χ2v) is 8.58. The van der Waals surface area contributed by atoms with Gasteiger partial charge in [0.05, 0.1) is 13.1 Å². The number of nitrogens with one attached hydrogen (secondary N) is 1. The van der Waals surface area contributed by atoms with Crippen LogP contribution in [0.15, 0.2) is 18.2 Å². The van der Waals surface area contributed by atoms with Gasteiger partial charge in [-0.2, -0.15) is 0 Å². The van der Waals surface area contributed by atoms with Crippen molar-refractivity contribution in [2.45, 2.75) is 45.2 Å². The summed E-state index contributed by atoms with van der Waals surface area (Å²) in [6, 6.07) is 6.21. The molecule has 1 fully saturated rings. The van der Waals surface area contributed by atoms with Crippen LogP contribution in [0.2, 0.25) is 0 Å². The zero-order chi connectivity index (χ0) is 20.3. The minimum absolute atomic E-state index is 0.0477. The maximum atomic E-state index is 12.7. The van der Waals surface area contributed by atoms with Crippen LogP contribution in [0, 0.1) is 0 Å². The number of benzene rings is 1. The molecule has 28 heavy (non-hydrogen) atoms. The number of rotatable bonds is 5. The predicted octanol–water partition coefficient (Wildman–Crippen LogP) is 1.97. The van der Waals surface area contributed by atoms with E-state index in [0.29, 0.717) is 19.8 Å². The van der Waals surface area contributed by atoms with Gasteiger partial charge < -0.3 is 19.7 Å². The lowest BCUT2D eigenvalue weighted by Gasteiger charge is -2.28. The predicted molar refractivity (Wildman–Crippen MR) is 107 cm³/mol. The van der Waals surface area contributed by atoms with E-state index in [1.807, 2.05) is 32.9 Å². The number of likely N-dealkylation sites (tertiary alicyclic amines) is 1. The van der Waals surface area contributed by atoms with Crippen LogP contribution in [0.5, 0.6) is 11.5 Å². The minimum Gasteiger partial charge on any atom is -0.486 e. The van der Waals surface area contributed by atoms with Gasteiger partial charge in [-0.15, -0.1) is 0 Å². The fraction of sp³-hybridized carbons (Fsp3) is 0.619. The van der Waals surface area contributed by atoms with Crippen molar-refractivity contribution in [3.05, 3.63) is 23.8 Å². The second-order valence-electron chi connectivity index (χ2n) is 8.58. The fourth-order valence-electron chi connectivity index (χ4n) is 3.72. The Morgan fingerprint density at radius 3 is 2.64 bits per heavy atom. The Morgan fingerprint density at radius 1 is 1.21 bits per heavy atom. The molecule has 1 aromatic rings. The van der Waals surface area contributed by atoms with Crippen molar-refractivity contribution >= 4 is 11.8 Å². The van der Waals surface area contributed by atoms with E-state index in [1.54, 1.807) is 7.05 Å². The first-order valence-corrected chi connectivity index (χ1v) is 9.91. The zero-order valence-electron chi connectivity index (χ0n) is 17.3. The topological polar surface area (TPSA) is 71.1 Å². The number of fused-ring (bicyclic) bond motifs is 1. The van der Waals surface area contributed by atoms with Gasteiger partial charge in [0.15, 0.2) is 11.5 Å². The van der Waals surface area contributed by atoms with Crippen molar-refractivity contribution in [2.75, 3.05) is 39.9 Å². The van der Waals surface area contributed by atoms with Crippen molar-refractivity contribution in [1.29, 1.82) is 0 Å². The monoisotopic (exact) mass is 389 g/mol. The third-order valence-electron chi connectivity index (χ3n) is 4.97. The molecule has 1 unspecified atom stereocenters. The summed E-state index contributed by atoms with van der Waals surface area (Å²) < 4.78 is 11.3. The van der Waals surface area contributed by atoms with Gasteiger partial charge >= 0.3 is 0 Å². The zero-order valence-corrected chi connectivity index (χ0v) is 17.3. The molecule has 154 valence electrons. The van der Waals surface area contributed by atoms with E-state index in [2.05, 4.69) is 16.3 Å². The van der Waals surface area contributed by atoms with Crippen LogP contribution in [0.4, 0.5) is 0 Å². The summed E-state index contributed by atoms with van der Waals surface area (Å²) in [5, 5.41) is 2.89. The number of ether oxygens (including phenoxy) is 2. The summed E-state index contributed by atoms with van der Waals surface area (Å²) in [6.45, 7) is 8.15. The number of carbonyl (C=O) groups is 2. The van der Waals surface area contributed by atoms with E-state index in [0.717, 1.165) is 36.4 Å². The molecule has 1 N–H and O–H groups in total. The highest BCUT2D eigenvalue weighted by molar-refractivity contribution is 5.85. The highest BCUT2D eigenvalue weighted by Gasteiger charge is 2.30. The van der Waals surface area contributed by atoms with E-state index in [1.165, 1.54) is 4.90 Å². The smallest absolute Gasteiger partial charge is 0.240 e. The van der Waals surface area contributed by atoms with Gasteiger partial charge in [-0.1, -0.05) is 6.07 Å². The Kier molecular flexibility index (Phi) is 6.13. The first-order valence-electron chi connectivity index (χ1n) is 9.91. The molecule has 0 saturated carbocycles. The average molecular weight is 389 g/mol. The van der Waals surface area contributed by atoms with Gasteiger partial charge in [-0.3, -0.25) is 14.5 Å². The van der Waals surface area contributed by atoms with E-state index >= 15 is 0 Å². The van der Waals surface area contributed by atoms with E-state index in [-0.39, 0.29) is 29.9 Å². The number of hydrogen-bond acceptors (Lipinski definition) is 5. The summed E-state index contributed by atoms with van der Waals surface area (Å²) in [4.78, 5) is 28.4. The van der Waals surface area contributed by atoms with Crippen LogP contribution in [0.3, 0.4) is 0 Å². The third kappa shape index (κ3) is 5.16. The average Bonchev–Trinajstić information content (AvgIpc) is 3.07. The van der Waals surface area contributed by atoms with Crippen molar-refractivity contribution in [3.63, 3.8) is 0 Å². The largest absolute Gasteiger partial charge is 0.486 e. The van der Waals surface area contributed by atoms with Crippen molar-refractivity contribution in [2.24, 2.45) is 0 Å². The second kappa shape index (κ2) is 8.39. The van der Waals surface area contributed by atoms with Gasteiger partial charge in [-0.05, 0) is 57.9 Å². The molecule has 3 rings (SSSR count). The molecule has 1 aromatic carbocycles. The molecule has 1 saturated heterocycles. The summed E-state index contributed by atoms with van der Waals surface area (Å²) in [7, 11) is 1.68. The minimum atomic E-state index is -0.306. The molecule has 2 aliphatic heterocycles. The first-order chi connectivity index (χ1) is 13.2. The molecule has 1 atom stereocenters. The van der Waals surface area contributed by atoms with Crippen LogP contribution < -0.4 is 14.8 Å². The van der Waals surface area contributed by atoms with E-state index in [4.69, 9.17) is 9.47 Å². The fourth-order valence-corrected chi connectivity index (χ4v) is 3.72. The molecule has 0 aromatic heterocycles. The number of likely N-dealkylation sites (N-methyl/N-ethyl adjacent to an activating group) is 1. The highest BCUT2D eigenvalue weighted by atomic mass is 16.6. The van der Waals surface area contributed by atoms with Crippen LogP contribution in [-0.4, -0.2) is 67.0 Å². The molecule has 2 heterocycles. The summed E-state index contributed by atoms with van der Waals surface area (Å²) in [5.74, 6) is 1.36. The molecule has 7 heteroatoms. The Bertz CT molecular complexity index is 729. The molecule has 0 aliphatic carbocycles. The molecular weight excluding hydrogens is 358 g/mol. The highest BCUT2D eigenvalue weighted by Crippen LogP contribution is 2.37. The maximum Gasteiger partial charge on any atom is 0.240 e. The van der Waals surface area contributed by atoms with Gasteiger partial charge in [0.1, 0.15) is 13.2 Å². The Balaban J connectivity index is 1.60. The van der Waals surface area contributed by atoms with E-state index < -0.39 is 0 Å². The normalized spacial score (nSPS) is 19.4. The summed E-state index contributed by atoms with van der Waals surface area (Å²) in [5.41, 5.74) is 0.835. The van der Waals surface area contributed by atoms with Crippen molar-refractivity contribution in [3.8, 4) is 11.5 Å². The quantitative estimate of drug-likeness (QED) is 0.834. The van der Waals surface area contributed by atoms with Crippen molar-refractivity contribution in [1.82, 2.24) is 15.1 Å². The van der Waals surface area contributed by atoms with Crippen LogP contribution >= 0.6 is 0 Å². The molecule has 7 nitrogen and oxygen atoms in total. The molecular formula is C21H31N3O4. The molecule has 0 radical (unpaired) electrons. The summed E-state index contributed by atoms with van der Waals surface area (Å²) in [6.07, 6.45) is 2.04. The number of nitrogens with zero attached hydrogens (tertiary/aromatic N) is 2. The van der Waals surface area contributed by atoms with Crippen LogP contribution in [0.1, 0.15) is 45.2 Å². The lowest BCUT2D eigenvalue weighted by molar-refractivity contribution is -0.136. The Morgan fingerprint density at radius 2 is 1.93 bits per heavy atom. The Hall–Kier alpha value is -2.28. The SMILES string of the molecule is CN(CC(=O)NC(C)(C)C)C(=O)CN1CCCC1c1ccc2c(c1)OCCO2. The standard InChI is InChI=1S/C21H31N3O4/c1-21(2,3)22-19(25)13-23(4)20(26)14-24-9-5-6-16(24)15-7-8-17-18(12-15)28-11-10-27-17/h7-8,12,16H,5-6,9-11,13-14H2,1-4H3,(H,22,25). The summed E-state index contributed by atoms with van der Waals surface area (Å²) >= 11 is 0. The van der Waals surface area contributed by atoms with Gasteiger partial charge in [0.2, 0.25) is 11.8 Å². The lowest BCUT2D eigenvalue weighted by Crippen LogP contribution is -2.47. The van der Waals surface area contributed by atoms with Crippen LogP contribution in [-0.2, 0) is 9.59 Å². The van der Waals surface area contributed by atoms with E-state index in [9.17, 15) is 9.59 Å². The number of carbonyl (C=O) groups excluding carboxylic acids is 2. The van der Waals surface area contributed by atoms with Crippen LogP contribution in [0.25, 0.3) is 0 Å². The molecule has 2 aliphatic rings. The molecule has 2 amide bonds. The van der Waals surface area contributed by atoms with Gasteiger partial charge in [0, 0.05) is 18.6 Å².